The Morgan fingerprint density at radius 2 is 1.35 bits per heavy atom. The third-order valence-electron chi connectivity index (χ3n) is 5.36. The van der Waals surface area contributed by atoms with Crippen molar-refractivity contribution in [2.24, 2.45) is 5.10 Å². The van der Waals surface area contributed by atoms with E-state index in [1.807, 2.05) is 48.5 Å². The van der Waals surface area contributed by atoms with Gasteiger partial charge in [-0.1, -0.05) is 60.7 Å². The molecule has 0 bridgehead atoms. The predicted molar refractivity (Wildman–Crippen MR) is 138 cm³/mol. The molecule has 6 heteroatoms. The summed E-state index contributed by atoms with van der Waals surface area (Å²) in [6, 6.07) is 35.8. The number of hydrogen-bond donors (Lipinski definition) is 1. The molecule has 1 N–H and O–H groups in total. The molecule has 0 aliphatic rings. The smallest absolute Gasteiger partial charge is 0.271 e. The van der Waals surface area contributed by atoms with Gasteiger partial charge in [-0.05, 0) is 75.6 Å². The summed E-state index contributed by atoms with van der Waals surface area (Å²) in [5.74, 6) is 0.240. The minimum Gasteiger partial charge on any atom is -0.448 e. The van der Waals surface area contributed by atoms with E-state index < -0.39 is 0 Å². The van der Waals surface area contributed by atoms with Crippen LogP contribution >= 0.6 is 15.9 Å². The van der Waals surface area contributed by atoms with Gasteiger partial charge in [0.05, 0.1) is 17.6 Å². The number of nitrogens with one attached hydrogen (secondary N) is 1. The van der Waals surface area contributed by atoms with Crippen LogP contribution < -0.4 is 5.43 Å². The van der Waals surface area contributed by atoms with E-state index >= 15 is 0 Å². The van der Waals surface area contributed by atoms with Gasteiger partial charge in [0.1, 0.15) is 5.76 Å². The Kier molecular flexibility index (Phi) is 6.23. The van der Waals surface area contributed by atoms with Crippen molar-refractivity contribution in [1.29, 1.82) is 0 Å². The normalized spacial score (nSPS) is 11.1. The van der Waals surface area contributed by atoms with Gasteiger partial charge < -0.3 is 8.98 Å². The molecule has 0 fully saturated rings. The van der Waals surface area contributed by atoms with Crippen LogP contribution in [-0.4, -0.2) is 16.7 Å². The number of rotatable bonds is 6. The number of aromatic nitrogens is 1. The molecule has 5 nitrogen and oxygen atoms in total. The number of halogens is 1. The fraction of sp³-hybridized carbons (Fsp3) is 0. The molecule has 0 spiro atoms. The number of furan rings is 1. The van der Waals surface area contributed by atoms with Gasteiger partial charge in [0, 0.05) is 11.3 Å². The average molecular weight is 510 g/mol. The molecule has 0 atom stereocenters. The van der Waals surface area contributed by atoms with Crippen molar-refractivity contribution < 1.29 is 9.21 Å². The van der Waals surface area contributed by atoms with E-state index in [-0.39, 0.29) is 5.91 Å². The van der Waals surface area contributed by atoms with E-state index in [1.165, 1.54) is 6.21 Å². The summed E-state index contributed by atoms with van der Waals surface area (Å²) >= 11 is 3.23. The number of carbonyl (C=O) groups is 1. The summed E-state index contributed by atoms with van der Waals surface area (Å²) in [5, 5.41) is 3.97. The molecular weight excluding hydrogens is 490 g/mol. The van der Waals surface area contributed by atoms with Crippen LogP contribution in [0.2, 0.25) is 0 Å². The quantitative estimate of drug-likeness (QED) is 0.199. The van der Waals surface area contributed by atoms with Crippen LogP contribution in [0.4, 0.5) is 0 Å². The summed E-state index contributed by atoms with van der Waals surface area (Å²) in [6.07, 6.45) is 1.45. The number of hydrogen-bond acceptors (Lipinski definition) is 3. The van der Waals surface area contributed by atoms with E-state index in [1.54, 1.807) is 24.3 Å². The molecule has 3 aromatic carbocycles. The molecule has 5 aromatic rings. The SMILES string of the molecule is O=C(N/N=C\c1ccc(Br)o1)c1ccc(-n2c(-c3ccccc3)ccc2-c2ccccc2)cc1. The number of benzene rings is 3. The second-order valence-electron chi connectivity index (χ2n) is 7.56. The summed E-state index contributed by atoms with van der Waals surface area (Å²) in [4.78, 5) is 12.5. The summed E-state index contributed by atoms with van der Waals surface area (Å²) in [7, 11) is 0. The van der Waals surface area contributed by atoms with Gasteiger partial charge in [-0.3, -0.25) is 4.79 Å². The Bertz CT molecular complexity index is 1380. The fourth-order valence-electron chi connectivity index (χ4n) is 3.76. The molecule has 2 aromatic heterocycles. The van der Waals surface area contributed by atoms with E-state index in [4.69, 9.17) is 4.42 Å². The Morgan fingerprint density at radius 3 is 1.88 bits per heavy atom. The molecule has 1 amide bonds. The zero-order chi connectivity index (χ0) is 23.3. The standard InChI is InChI=1S/C28H20BrN3O2/c29-27-18-15-24(34-27)19-30-31-28(33)22-11-13-23(14-12-22)32-25(20-7-3-1-4-8-20)16-17-26(32)21-9-5-2-6-10-21/h1-19H,(H,31,33)/b30-19-. The van der Waals surface area contributed by atoms with Crippen molar-refractivity contribution >= 4 is 28.1 Å². The third kappa shape index (κ3) is 4.63. The van der Waals surface area contributed by atoms with E-state index in [2.05, 4.69) is 67.4 Å². The van der Waals surface area contributed by atoms with E-state index in [0.717, 1.165) is 28.2 Å². The lowest BCUT2D eigenvalue weighted by Crippen LogP contribution is -2.17. The Balaban J connectivity index is 1.45. The number of amides is 1. The van der Waals surface area contributed by atoms with Gasteiger partial charge in [0.15, 0.2) is 4.67 Å². The highest BCUT2D eigenvalue weighted by molar-refractivity contribution is 9.10. The highest BCUT2D eigenvalue weighted by Crippen LogP contribution is 2.32. The maximum Gasteiger partial charge on any atom is 0.271 e. The Morgan fingerprint density at radius 1 is 0.765 bits per heavy atom. The van der Waals surface area contributed by atoms with Crippen molar-refractivity contribution in [1.82, 2.24) is 9.99 Å². The first-order chi connectivity index (χ1) is 16.7. The average Bonchev–Trinajstić information content (AvgIpc) is 3.51. The van der Waals surface area contributed by atoms with Gasteiger partial charge in [-0.25, -0.2) is 5.43 Å². The molecule has 2 heterocycles. The number of carbonyl (C=O) groups excluding carboxylic acids is 1. The molecule has 0 unspecified atom stereocenters. The minimum absolute atomic E-state index is 0.299. The first kappa shape index (κ1) is 21.7. The van der Waals surface area contributed by atoms with Gasteiger partial charge in [0.25, 0.3) is 5.91 Å². The summed E-state index contributed by atoms with van der Waals surface area (Å²) in [6.45, 7) is 0. The fourth-order valence-corrected chi connectivity index (χ4v) is 4.08. The highest BCUT2D eigenvalue weighted by atomic mass is 79.9. The molecule has 166 valence electrons. The first-order valence-corrected chi connectivity index (χ1v) is 11.5. The monoisotopic (exact) mass is 509 g/mol. The minimum atomic E-state index is -0.299. The van der Waals surface area contributed by atoms with Crippen LogP contribution in [0.5, 0.6) is 0 Å². The lowest BCUT2D eigenvalue weighted by Gasteiger charge is -2.15. The molecule has 0 saturated heterocycles. The van der Waals surface area contributed by atoms with Crippen LogP contribution in [0.25, 0.3) is 28.2 Å². The number of nitrogens with zero attached hydrogens (tertiary/aromatic N) is 2. The van der Waals surface area contributed by atoms with Gasteiger partial charge in [-0.2, -0.15) is 5.10 Å². The summed E-state index contributed by atoms with van der Waals surface area (Å²) < 4.78 is 8.15. The highest BCUT2D eigenvalue weighted by Gasteiger charge is 2.14. The first-order valence-electron chi connectivity index (χ1n) is 10.7. The van der Waals surface area contributed by atoms with Crippen molar-refractivity contribution in [2.75, 3.05) is 0 Å². The lowest BCUT2D eigenvalue weighted by molar-refractivity contribution is 0.0955. The Hall–Kier alpha value is -4.16. The van der Waals surface area contributed by atoms with Crippen molar-refractivity contribution in [2.45, 2.75) is 0 Å². The molecule has 0 aliphatic carbocycles. The van der Waals surface area contributed by atoms with Crippen LogP contribution in [0.1, 0.15) is 16.1 Å². The van der Waals surface area contributed by atoms with Crippen LogP contribution in [0.3, 0.4) is 0 Å². The molecule has 34 heavy (non-hydrogen) atoms. The van der Waals surface area contributed by atoms with Crippen molar-refractivity contribution in [3.05, 3.63) is 125 Å². The summed E-state index contributed by atoms with van der Waals surface area (Å²) in [5.41, 5.74) is 8.39. The second-order valence-corrected chi connectivity index (χ2v) is 8.34. The van der Waals surface area contributed by atoms with E-state index in [9.17, 15) is 4.79 Å². The van der Waals surface area contributed by atoms with Crippen LogP contribution in [0, 0.1) is 0 Å². The van der Waals surface area contributed by atoms with E-state index in [0.29, 0.717) is 16.0 Å². The lowest BCUT2D eigenvalue weighted by atomic mass is 10.1. The molecular formula is C28H20BrN3O2. The topological polar surface area (TPSA) is 59.5 Å². The molecule has 0 aliphatic heterocycles. The maximum atomic E-state index is 12.5. The zero-order valence-electron chi connectivity index (χ0n) is 18.1. The molecule has 0 saturated carbocycles. The largest absolute Gasteiger partial charge is 0.448 e. The van der Waals surface area contributed by atoms with Crippen LogP contribution in [0.15, 0.2) is 123 Å². The molecule has 5 rings (SSSR count). The zero-order valence-corrected chi connectivity index (χ0v) is 19.6. The Labute approximate surface area is 205 Å². The molecule has 0 radical (unpaired) electrons. The van der Waals surface area contributed by atoms with Crippen LogP contribution in [-0.2, 0) is 0 Å². The third-order valence-corrected chi connectivity index (χ3v) is 5.79. The maximum absolute atomic E-state index is 12.5. The second kappa shape index (κ2) is 9.77. The number of hydrazone groups is 1. The van der Waals surface area contributed by atoms with Crippen molar-refractivity contribution in [3.63, 3.8) is 0 Å². The van der Waals surface area contributed by atoms with Gasteiger partial charge >= 0.3 is 0 Å². The van der Waals surface area contributed by atoms with Gasteiger partial charge in [0.2, 0.25) is 0 Å². The van der Waals surface area contributed by atoms with Crippen molar-refractivity contribution in [3.8, 4) is 28.2 Å². The van der Waals surface area contributed by atoms with Gasteiger partial charge in [-0.15, -0.1) is 0 Å². The predicted octanol–water partition coefficient (Wildman–Crippen LogP) is 6.93.